The molecule has 1 unspecified atom stereocenters. The number of sulfonamides is 1. The van der Waals surface area contributed by atoms with Crippen molar-refractivity contribution in [3.63, 3.8) is 0 Å². The number of fused-ring (bicyclic) bond motifs is 2. The fraction of sp³-hybridized carbons (Fsp3) is 0.456. The van der Waals surface area contributed by atoms with Gasteiger partial charge >= 0.3 is 0 Å². The number of ether oxygens (including phenoxy) is 3. The molecule has 1 spiro atoms. The average Bonchev–Trinajstić information content (AvgIpc) is 3.84. The minimum atomic E-state index is -4.65. The summed E-state index contributed by atoms with van der Waals surface area (Å²) in [5.41, 5.74) is 3.24. The maximum absolute atomic E-state index is 14.8. The Morgan fingerprint density at radius 2 is 1.81 bits per heavy atom. The Morgan fingerprint density at radius 3 is 2.57 bits per heavy atom. The van der Waals surface area contributed by atoms with E-state index in [0.29, 0.717) is 56.0 Å². The molecule has 3 aromatic heterocycles. The van der Waals surface area contributed by atoms with Crippen LogP contribution in [0.4, 0.5) is 21.5 Å². The number of H-pyrrole nitrogens is 1. The Morgan fingerprint density at radius 1 is 1.03 bits per heavy atom. The summed E-state index contributed by atoms with van der Waals surface area (Å²) in [5.74, 6) is 0.334. The van der Waals surface area contributed by atoms with Crippen LogP contribution >= 0.6 is 0 Å². The Hall–Kier alpha value is -6.87. The smallest absolute Gasteiger partial charge is 0.293 e. The van der Waals surface area contributed by atoms with Gasteiger partial charge in [0, 0.05) is 99.1 Å². The van der Waals surface area contributed by atoms with Gasteiger partial charge in [0.2, 0.25) is 0 Å². The standard InChI is InChI=1S/C57H66FN9O9S/c1-35(2)42-8-6-7-9-43(42)49-31-64(30-37-16-19-59-54-51(37)76-55(3,4)34-74-54)20-21-66(49)39-25-57(26-39)32-65(33-57)38-10-12-44(50(22-38)75-40-23-45-46(58)29-62-52(45)61-28-40)53(68)63-77(72,73)41-11-13-47(48(24-41)67(70)71)60-27-36-14-17-56(5,69)18-15-36/h6-13,16,19,22-24,28-29,35-36,39,49,60,69H,14-15,17-18,20-21,25-27,30-34H2,1-5H3,(H,61,62)(H,63,68). The average molecular weight is 1070 g/mol. The van der Waals surface area contributed by atoms with Crippen molar-refractivity contribution in [2.24, 2.45) is 11.3 Å². The zero-order chi connectivity index (χ0) is 54.0. The minimum absolute atomic E-state index is 0.00842. The van der Waals surface area contributed by atoms with Crippen molar-refractivity contribution >= 4 is 44.0 Å². The van der Waals surface area contributed by atoms with Gasteiger partial charge in [-0.05, 0) is 119 Å². The van der Waals surface area contributed by atoms with Crippen LogP contribution in [0, 0.1) is 27.3 Å². The van der Waals surface area contributed by atoms with E-state index in [9.17, 15) is 32.8 Å². The van der Waals surface area contributed by atoms with Crippen molar-refractivity contribution in [2.75, 3.05) is 56.1 Å². The number of nitrogens with one attached hydrogen (secondary N) is 3. The molecule has 1 amide bonds. The molecule has 2 aliphatic carbocycles. The molecule has 18 nitrogen and oxygen atoms in total. The Labute approximate surface area is 447 Å². The molecule has 0 bridgehead atoms. The quantitative estimate of drug-likeness (QED) is 0.0556. The maximum Gasteiger partial charge on any atom is 0.293 e. The van der Waals surface area contributed by atoms with E-state index in [1.165, 1.54) is 47.8 Å². The van der Waals surface area contributed by atoms with Gasteiger partial charge in [0.05, 0.1) is 32.6 Å². The SMILES string of the molecule is CC(C)c1ccccc1C1CN(Cc2ccnc3c2OC(C)(C)CO3)CCN1C1CC2(C1)CN(c1ccc(C(=O)NS(=O)(=O)c3ccc(NCC4CCC(C)(O)CC4)c([N+](=O)[O-])c3)c(Oc3cnc4[nH]cc(F)c4c3)c1)C2. The predicted molar refractivity (Wildman–Crippen MR) is 289 cm³/mol. The van der Waals surface area contributed by atoms with Gasteiger partial charge in [-0.2, -0.15) is 0 Å². The zero-order valence-electron chi connectivity index (χ0n) is 44.1. The summed E-state index contributed by atoms with van der Waals surface area (Å²) >= 11 is 0. The number of aliphatic hydroxyl groups is 1. The Bertz CT molecular complexity index is 3340. The van der Waals surface area contributed by atoms with E-state index in [4.69, 9.17) is 14.2 Å². The van der Waals surface area contributed by atoms with Crippen molar-refractivity contribution < 1.29 is 41.8 Å². The summed E-state index contributed by atoms with van der Waals surface area (Å²) in [4.78, 5) is 44.2. The number of nitrogens with zero attached hydrogens (tertiary/aromatic N) is 6. The van der Waals surface area contributed by atoms with Gasteiger partial charge in [-0.1, -0.05) is 38.1 Å². The molecule has 6 heterocycles. The number of benzene rings is 3. The van der Waals surface area contributed by atoms with E-state index in [0.717, 1.165) is 81.5 Å². The molecule has 0 radical (unpaired) electrons. The number of pyridine rings is 2. The van der Waals surface area contributed by atoms with Gasteiger partial charge in [0.15, 0.2) is 5.75 Å². The normalized spacial score (nSPS) is 22.4. The van der Waals surface area contributed by atoms with E-state index < -0.39 is 48.5 Å². The molecule has 5 aliphatic rings. The van der Waals surface area contributed by atoms with Crippen molar-refractivity contribution in [2.45, 2.75) is 114 Å². The summed E-state index contributed by atoms with van der Waals surface area (Å²) in [7, 11) is -4.65. The highest BCUT2D eigenvalue weighted by Gasteiger charge is 2.55. The van der Waals surface area contributed by atoms with Gasteiger partial charge in [0.1, 0.15) is 40.9 Å². The summed E-state index contributed by atoms with van der Waals surface area (Å²) in [6, 6.07) is 21.2. The third-order valence-corrected chi connectivity index (χ3v) is 17.7. The van der Waals surface area contributed by atoms with Crippen LogP contribution in [0.1, 0.15) is 112 Å². The van der Waals surface area contributed by atoms with Gasteiger partial charge in [-0.15, -0.1) is 0 Å². The molecule has 4 fully saturated rings. The molecule has 1 atom stereocenters. The van der Waals surface area contributed by atoms with Crippen LogP contribution in [0.15, 0.2) is 96.3 Å². The van der Waals surface area contributed by atoms with E-state index in [1.807, 2.05) is 19.9 Å². The molecule has 3 aliphatic heterocycles. The lowest BCUT2D eigenvalue weighted by Crippen LogP contribution is -2.68. The van der Waals surface area contributed by atoms with Crippen LogP contribution in [0.2, 0.25) is 0 Å². The van der Waals surface area contributed by atoms with Crippen LogP contribution < -0.4 is 29.1 Å². The van der Waals surface area contributed by atoms with Crippen molar-refractivity contribution in [3.05, 3.63) is 130 Å². The topological polar surface area (TPSA) is 218 Å². The molecule has 20 heteroatoms. The molecule has 406 valence electrons. The monoisotopic (exact) mass is 1070 g/mol. The number of piperazine rings is 1. The van der Waals surface area contributed by atoms with E-state index in [2.05, 4.69) is 77.8 Å². The van der Waals surface area contributed by atoms with E-state index >= 15 is 0 Å². The van der Waals surface area contributed by atoms with Crippen LogP contribution in [0.3, 0.4) is 0 Å². The lowest BCUT2D eigenvalue weighted by molar-refractivity contribution is -0.384. The number of anilines is 2. The summed E-state index contributed by atoms with van der Waals surface area (Å²) < 4.78 is 63.3. The summed E-state index contributed by atoms with van der Waals surface area (Å²) in [6.45, 7) is 16.1. The van der Waals surface area contributed by atoms with Crippen molar-refractivity contribution in [1.82, 2.24) is 29.5 Å². The number of aromatic nitrogens is 3. The first-order valence-corrected chi connectivity index (χ1v) is 28.1. The molecule has 4 N–H and O–H groups in total. The van der Waals surface area contributed by atoms with Crippen molar-refractivity contribution in [1.29, 1.82) is 0 Å². The number of rotatable bonds is 15. The van der Waals surface area contributed by atoms with Crippen LogP contribution in [-0.2, 0) is 16.6 Å². The van der Waals surface area contributed by atoms with Crippen LogP contribution in [-0.4, -0.2) is 112 Å². The second-order valence-corrected chi connectivity index (χ2v) is 24.8. The van der Waals surface area contributed by atoms with Crippen LogP contribution in [0.25, 0.3) is 11.0 Å². The molecule has 77 heavy (non-hydrogen) atoms. The number of hydrogen-bond donors (Lipinski definition) is 4. The number of nitro groups is 1. The summed E-state index contributed by atoms with van der Waals surface area (Å²) in [6.07, 6.45) is 9.09. The van der Waals surface area contributed by atoms with Crippen molar-refractivity contribution in [3.8, 4) is 23.1 Å². The van der Waals surface area contributed by atoms with Gasteiger partial charge in [-0.25, -0.2) is 27.5 Å². The largest absolute Gasteiger partial charge is 0.478 e. The molecule has 6 aromatic rings. The highest BCUT2D eigenvalue weighted by molar-refractivity contribution is 7.90. The first-order valence-electron chi connectivity index (χ1n) is 26.6. The number of hydrogen-bond acceptors (Lipinski definition) is 15. The predicted octanol–water partition coefficient (Wildman–Crippen LogP) is 9.47. The van der Waals surface area contributed by atoms with Gasteiger partial charge in [-0.3, -0.25) is 24.7 Å². The first-order chi connectivity index (χ1) is 36.7. The number of halogens is 1. The fourth-order valence-corrected chi connectivity index (χ4v) is 13.1. The molecule has 2 saturated carbocycles. The van der Waals surface area contributed by atoms with E-state index in [-0.39, 0.29) is 45.5 Å². The first kappa shape index (κ1) is 52.2. The maximum atomic E-state index is 14.8. The number of aromatic amines is 1. The number of carbonyl (C=O) groups is 1. The molecule has 2 saturated heterocycles. The van der Waals surface area contributed by atoms with E-state index in [1.54, 1.807) is 25.3 Å². The molecular formula is C57H66FN9O9S. The number of amides is 1. The highest BCUT2D eigenvalue weighted by Crippen LogP contribution is 2.54. The number of carbonyl (C=O) groups excluding carboxylic acids is 1. The second kappa shape index (κ2) is 20.2. The Balaban J connectivity index is 0.797. The lowest BCUT2D eigenvalue weighted by Gasteiger charge is -2.63. The number of nitro benzene ring substituents is 1. The van der Waals surface area contributed by atoms with Crippen LogP contribution in [0.5, 0.6) is 23.1 Å². The molecular weight excluding hydrogens is 1010 g/mol. The zero-order valence-corrected chi connectivity index (χ0v) is 44.9. The minimum Gasteiger partial charge on any atom is -0.478 e. The molecule has 11 rings (SSSR count). The summed E-state index contributed by atoms with van der Waals surface area (Å²) in [5, 5.41) is 25.9. The second-order valence-electron chi connectivity index (χ2n) is 23.1. The highest BCUT2D eigenvalue weighted by atomic mass is 32.2. The Kier molecular flexibility index (Phi) is 13.7. The third kappa shape index (κ3) is 10.8. The van der Waals surface area contributed by atoms with Gasteiger partial charge in [0.25, 0.3) is 27.5 Å². The third-order valence-electron chi connectivity index (χ3n) is 16.3. The van der Waals surface area contributed by atoms with Gasteiger partial charge < -0.3 is 34.5 Å². The fourth-order valence-electron chi connectivity index (χ4n) is 12.1. The molecule has 3 aromatic carbocycles. The lowest BCUT2D eigenvalue weighted by atomic mass is 9.59.